The Bertz CT molecular complexity index is 779. The lowest BCUT2D eigenvalue weighted by Crippen LogP contribution is -2.51. The molecule has 7 heteroatoms. The number of piperazine rings is 1. The molecule has 2 heterocycles. The lowest BCUT2D eigenvalue weighted by Gasteiger charge is -2.34. The number of benzene rings is 1. The molecule has 1 saturated heterocycles. The third-order valence-electron chi connectivity index (χ3n) is 4.50. The standard InChI is InChI=1S/C20H23N3O3S/c1-2-16-5-7-17(8-6-16)14-21-26-15-19(24)22-9-11-23(12-10-22)20(25)18-4-3-13-27-18/h3-8,13-14H,2,9-12,15H2,1H3/b21-14-. The van der Waals surface area contributed by atoms with E-state index in [1.807, 2.05) is 41.8 Å². The van der Waals surface area contributed by atoms with Gasteiger partial charge in [0.1, 0.15) is 0 Å². The van der Waals surface area contributed by atoms with Gasteiger partial charge in [-0.3, -0.25) is 9.59 Å². The number of hydrogen-bond donors (Lipinski definition) is 0. The van der Waals surface area contributed by atoms with Crippen molar-refractivity contribution in [2.24, 2.45) is 5.16 Å². The molecule has 27 heavy (non-hydrogen) atoms. The van der Waals surface area contributed by atoms with E-state index in [9.17, 15) is 9.59 Å². The molecule has 1 aliphatic heterocycles. The average molecular weight is 385 g/mol. The van der Waals surface area contributed by atoms with Gasteiger partial charge in [-0.25, -0.2) is 0 Å². The summed E-state index contributed by atoms with van der Waals surface area (Å²) in [5.41, 5.74) is 2.19. The van der Waals surface area contributed by atoms with Crippen molar-refractivity contribution in [3.05, 3.63) is 57.8 Å². The fourth-order valence-corrected chi connectivity index (χ4v) is 3.53. The number of thiophene rings is 1. The molecule has 6 nitrogen and oxygen atoms in total. The van der Waals surface area contributed by atoms with E-state index in [0.29, 0.717) is 26.2 Å². The summed E-state index contributed by atoms with van der Waals surface area (Å²) in [6.45, 7) is 4.12. The lowest BCUT2D eigenvalue weighted by atomic mass is 10.1. The predicted octanol–water partition coefficient (Wildman–Crippen LogP) is 2.65. The van der Waals surface area contributed by atoms with Crippen LogP contribution >= 0.6 is 11.3 Å². The Balaban J connectivity index is 1.40. The van der Waals surface area contributed by atoms with Crippen LogP contribution in [0, 0.1) is 0 Å². The second-order valence-corrected chi connectivity index (χ2v) is 7.20. The molecule has 142 valence electrons. The summed E-state index contributed by atoms with van der Waals surface area (Å²) in [4.78, 5) is 33.9. The van der Waals surface area contributed by atoms with Gasteiger partial charge in [-0.2, -0.15) is 0 Å². The van der Waals surface area contributed by atoms with Crippen LogP contribution in [0.1, 0.15) is 27.7 Å². The normalized spacial score (nSPS) is 14.6. The average Bonchev–Trinajstić information content (AvgIpc) is 3.26. The van der Waals surface area contributed by atoms with E-state index in [0.717, 1.165) is 16.9 Å². The van der Waals surface area contributed by atoms with Crippen LogP contribution in [0.5, 0.6) is 0 Å². The molecule has 2 amide bonds. The van der Waals surface area contributed by atoms with Gasteiger partial charge in [0.2, 0.25) is 0 Å². The Labute approximate surface area is 163 Å². The Morgan fingerprint density at radius 2 is 1.81 bits per heavy atom. The van der Waals surface area contributed by atoms with Gasteiger partial charge >= 0.3 is 0 Å². The Morgan fingerprint density at radius 3 is 2.44 bits per heavy atom. The highest BCUT2D eigenvalue weighted by molar-refractivity contribution is 7.12. The summed E-state index contributed by atoms with van der Waals surface area (Å²) >= 11 is 1.44. The quantitative estimate of drug-likeness (QED) is 0.567. The van der Waals surface area contributed by atoms with E-state index in [1.54, 1.807) is 16.0 Å². The zero-order valence-corrected chi connectivity index (χ0v) is 16.2. The topological polar surface area (TPSA) is 62.2 Å². The van der Waals surface area contributed by atoms with Crippen LogP contribution in [0.15, 0.2) is 46.9 Å². The Morgan fingerprint density at radius 1 is 1.11 bits per heavy atom. The summed E-state index contributed by atoms with van der Waals surface area (Å²) in [5, 5.41) is 5.77. The van der Waals surface area contributed by atoms with Gasteiger partial charge in [-0.1, -0.05) is 42.4 Å². The van der Waals surface area contributed by atoms with Crippen LogP contribution in [0.4, 0.5) is 0 Å². The maximum absolute atomic E-state index is 12.3. The van der Waals surface area contributed by atoms with E-state index in [-0.39, 0.29) is 18.4 Å². The number of carbonyl (C=O) groups excluding carboxylic acids is 2. The van der Waals surface area contributed by atoms with Gasteiger partial charge in [0.15, 0.2) is 6.61 Å². The number of nitrogens with zero attached hydrogens (tertiary/aromatic N) is 3. The molecular weight excluding hydrogens is 362 g/mol. The zero-order valence-electron chi connectivity index (χ0n) is 15.3. The van der Waals surface area contributed by atoms with Crippen molar-refractivity contribution in [3.63, 3.8) is 0 Å². The first-order chi connectivity index (χ1) is 13.2. The highest BCUT2D eigenvalue weighted by Crippen LogP contribution is 2.14. The lowest BCUT2D eigenvalue weighted by molar-refractivity contribution is -0.137. The molecule has 1 aromatic heterocycles. The number of rotatable bonds is 6. The van der Waals surface area contributed by atoms with Crippen molar-refractivity contribution in [3.8, 4) is 0 Å². The number of aryl methyl sites for hydroxylation is 1. The summed E-state index contributed by atoms with van der Waals surface area (Å²) < 4.78 is 0. The largest absolute Gasteiger partial charge is 0.386 e. The molecule has 0 saturated carbocycles. The van der Waals surface area contributed by atoms with Crippen LogP contribution in [0.3, 0.4) is 0 Å². The molecule has 1 fully saturated rings. The third kappa shape index (κ3) is 5.17. The van der Waals surface area contributed by atoms with Crippen molar-refractivity contribution >= 4 is 29.4 Å². The first-order valence-corrected chi connectivity index (χ1v) is 9.90. The number of hydrogen-bond acceptors (Lipinski definition) is 5. The summed E-state index contributed by atoms with van der Waals surface area (Å²) in [6.07, 6.45) is 2.60. The maximum atomic E-state index is 12.3. The van der Waals surface area contributed by atoms with Crippen molar-refractivity contribution < 1.29 is 14.4 Å². The van der Waals surface area contributed by atoms with E-state index >= 15 is 0 Å². The monoisotopic (exact) mass is 385 g/mol. The molecule has 3 rings (SSSR count). The van der Waals surface area contributed by atoms with E-state index in [1.165, 1.54) is 16.9 Å². The highest BCUT2D eigenvalue weighted by atomic mass is 32.1. The molecule has 1 aromatic carbocycles. The van der Waals surface area contributed by atoms with Crippen molar-refractivity contribution in [1.29, 1.82) is 0 Å². The number of carbonyl (C=O) groups is 2. The van der Waals surface area contributed by atoms with Gasteiger partial charge < -0.3 is 14.6 Å². The first-order valence-electron chi connectivity index (χ1n) is 9.02. The number of oxime groups is 1. The minimum Gasteiger partial charge on any atom is -0.386 e. The Hall–Kier alpha value is -2.67. The van der Waals surface area contributed by atoms with Gasteiger partial charge in [0.05, 0.1) is 11.1 Å². The fourth-order valence-electron chi connectivity index (χ4n) is 2.84. The smallest absolute Gasteiger partial charge is 0.264 e. The molecular formula is C20H23N3O3S. The summed E-state index contributed by atoms with van der Waals surface area (Å²) in [6, 6.07) is 11.7. The Kier molecular flexibility index (Phi) is 6.59. The fraction of sp³-hybridized carbons (Fsp3) is 0.350. The van der Waals surface area contributed by atoms with Gasteiger partial charge in [-0.15, -0.1) is 11.3 Å². The van der Waals surface area contributed by atoms with Crippen LogP contribution in [-0.2, 0) is 16.1 Å². The SMILES string of the molecule is CCc1ccc(/C=N\OCC(=O)N2CCN(C(=O)c3cccs3)CC2)cc1. The van der Waals surface area contributed by atoms with Crippen LogP contribution in [-0.4, -0.2) is 60.6 Å². The molecule has 0 aliphatic carbocycles. The molecule has 0 bridgehead atoms. The molecule has 0 N–H and O–H groups in total. The second kappa shape index (κ2) is 9.32. The van der Waals surface area contributed by atoms with Crippen LogP contribution < -0.4 is 0 Å². The molecule has 1 aliphatic rings. The summed E-state index contributed by atoms with van der Waals surface area (Å²) in [5.74, 6) is -0.0799. The van der Waals surface area contributed by atoms with Crippen molar-refractivity contribution in [1.82, 2.24) is 9.80 Å². The first kappa shape index (κ1) is 19.1. The van der Waals surface area contributed by atoms with Gasteiger partial charge in [0, 0.05) is 26.2 Å². The third-order valence-corrected chi connectivity index (χ3v) is 5.36. The molecule has 0 unspecified atom stereocenters. The highest BCUT2D eigenvalue weighted by Gasteiger charge is 2.25. The predicted molar refractivity (Wildman–Crippen MR) is 106 cm³/mol. The van der Waals surface area contributed by atoms with Crippen molar-refractivity contribution in [2.45, 2.75) is 13.3 Å². The van der Waals surface area contributed by atoms with Gasteiger partial charge in [0.25, 0.3) is 11.8 Å². The van der Waals surface area contributed by atoms with Gasteiger partial charge in [-0.05, 0) is 29.0 Å². The maximum Gasteiger partial charge on any atom is 0.264 e. The zero-order chi connectivity index (χ0) is 19.1. The van der Waals surface area contributed by atoms with Crippen LogP contribution in [0.25, 0.3) is 0 Å². The second-order valence-electron chi connectivity index (χ2n) is 6.25. The minimum atomic E-state index is -0.114. The van der Waals surface area contributed by atoms with Crippen LogP contribution in [0.2, 0.25) is 0 Å². The van der Waals surface area contributed by atoms with E-state index in [2.05, 4.69) is 12.1 Å². The molecule has 0 radical (unpaired) electrons. The molecule has 2 aromatic rings. The molecule has 0 spiro atoms. The minimum absolute atomic E-state index is 0.0343. The molecule has 0 atom stereocenters. The van der Waals surface area contributed by atoms with Crippen molar-refractivity contribution in [2.75, 3.05) is 32.8 Å². The van der Waals surface area contributed by atoms with E-state index < -0.39 is 0 Å². The van der Waals surface area contributed by atoms with E-state index in [4.69, 9.17) is 4.84 Å². The number of amides is 2. The summed E-state index contributed by atoms with van der Waals surface area (Å²) in [7, 11) is 0.